The number of H-pyrrole nitrogens is 1. The molecule has 1 heterocycles. The topological polar surface area (TPSA) is 48.9 Å². The molecule has 0 bridgehead atoms. The van der Waals surface area contributed by atoms with Crippen LogP contribution < -0.4 is 0 Å². The smallest absolute Gasteiger partial charge is 0.135 e. The molecule has 84 valence electrons. The quantitative estimate of drug-likeness (QED) is 0.910. The SMILES string of the molecule is OC(Cc1cc(F)ccc1Br)c1ncc[nH]1. The van der Waals surface area contributed by atoms with Crippen molar-refractivity contribution < 1.29 is 9.50 Å². The Morgan fingerprint density at radius 3 is 3.00 bits per heavy atom. The van der Waals surface area contributed by atoms with Crippen molar-refractivity contribution in [3.63, 3.8) is 0 Å². The Morgan fingerprint density at radius 1 is 1.50 bits per heavy atom. The molecule has 0 radical (unpaired) electrons. The number of nitrogens with one attached hydrogen (secondary N) is 1. The van der Waals surface area contributed by atoms with Crippen LogP contribution in [0, 0.1) is 5.82 Å². The first-order chi connectivity index (χ1) is 7.66. The number of halogens is 2. The summed E-state index contributed by atoms with van der Waals surface area (Å²) in [5.41, 5.74) is 0.712. The fourth-order valence-electron chi connectivity index (χ4n) is 1.46. The van der Waals surface area contributed by atoms with Gasteiger partial charge in [-0.2, -0.15) is 0 Å². The fraction of sp³-hybridized carbons (Fsp3) is 0.182. The Morgan fingerprint density at radius 2 is 2.31 bits per heavy atom. The first kappa shape index (κ1) is 11.3. The number of aliphatic hydroxyl groups excluding tert-OH is 1. The summed E-state index contributed by atoms with van der Waals surface area (Å²) in [5.74, 6) is 0.168. The van der Waals surface area contributed by atoms with Crippen molar-refractivity contribution in [2.24, 2.45) is 0 Å². The number of hydrogen-bond acceptors (Lipinski definition) is 2. The summed E-state index contributed by atoms with van der Waals surface area (Å²) in [6.45, 7) is 0. The third-order valence-corrected chi connectivity index (χ3v) is 3.03. The minimum absolute atomic E-state index is 0.311. The van der Waals surface area contributed by atoms with Crippen LogP contribution in [0.15, 0.2) is 35.1 Å². The van der Waals surface area contributed by atoms with Crippen LogP contribution in [0.3, 0.4) is 0 Å². The van der Waals surface area contributed by atoms with Gasteiger partial charge in [0, 0.05) is 23.3 Å². The number of aromatic nitrogens is 2. The standard InChI is InChI=1S/C11H10BrFN2O/c12-9-2-1-8(13)5-7(9)6-10(16)11-14-3-4-15-11/h1-5,10,16H,6H2,(H,14,15). The Kier molecular flexibility index (Phi) is 3.36. The minimum Gasteiger partial charge on any atom is -0.385 e. The van der Waals surface area contributed by atoms with Crippen LogP contribution in [0.5, 0.6) is 0 Å². The number of aliphatic hydroxyl groups is 1. The average molecular weight is 285 g/mol. The lowest BCUT2D eigenvalue weighted by atomic mass is 10.1. The molecule has 16 heavy (non-hydrogen) atoms. The van der Waals surface area contributed by atoms with E-state index in [1.54, 1.807) is 18.5 Å². The van der Waals surface area contributed by atoms with E-state index in [4.69, 9.17) is 0 Å². The maximum Gasteiger partial charge on any atom is 0.135 e. The molecule has 0 aliphatic heterocycles. The number of nitrogens with zero attached hydrogens (tertiary/aromatic N) is 1. The van der Waals surface area contributed by atoms with Gasteiger partial charge in [0.1, 0.15) is 17.7 Å². The molecule has 1 aromatic heterocycles. The van der Waals surface area contributed by atoms with E-state index in [1.807, 2.05) is 0 Å². The summed E-state index contributed by atoms with van der Waals surface area (Å²) in [6.07, 6.45) is 2.76. The largest absolute Gasteiger partial charge is 0.385 e. The third-order valence-electron chi connectivity index (χ3n) is 2.26. The van der Waals surface area contributed by atoms with Gasteiger partial charge in [-0.3, -0.25) is 0 Å². The van der Waals surface area contributed by atoms with Crippen LogP contribution in [0.1, 0.15) is 17.5 Å². The van der Waals surface area contributed by atoms with E-state index >= 15 is 0 Å². The van der Waals surface area contributed by atoms with Crippen molar-refractivity contribution in [1.82, 2.24) is 9.97 Å². The maximum absolute atomic E-state index is 13.0. The summed E-state index contributed by atoms with van der Waals surface area (Å²) in [4.78, 5) is 6.77. The first-order valence-electron chi connectivity index (χ1n) is 4.78. The zero-order chi connectivity index (χ0) is 11.5. The van der Waals surface area contributed by atoms with Gasteiger partial charge < -0.3 is 10.1 Å². The summed E-state index contributed by atoms with van der Waals surface area (Å²) in [5, 5.41) is 9.84. The predicted molar refractivity (Wildman–Crippen MR) is 61.4 cm³/mol. The molecular formula is C11H10BrFN2O. The third kappa shape index (κ3) is 2.48. The van der Waals surface area contributed by atoms with Crippen molar-refractivity contribution in [1.29, 1.82) is 0 Å². The second-order valence-electron chi connectivity index (χ2n) is 3.43. The molecule has 5 heteroatoms. The summed E-state index contributed by atoms with van der Waals surface area (Å²) in [7, 11) is 0. The van der Waals surface area contributed by atoms with Crippen molar-refractivity contribution in [3.8, 4) is 0 Å². The molecule has 0 spiro atoms. The molecule has 2 aromatic rings. The Hall–Kier alpha value is -1.20. The molecule has 1 atom stereocenters. The monoisotopic (exact) mass is 284 g/mol. The maximum atomic E-state index is 13.0. The molecule has 2 N–H and O–H groups in total. The second-order valence-corrected chi connectivity index (χ2v) is 4.28. The van der Waals surface area contributed by atoms with Gasteiger partial charge in [-0.05, 0) is 23.8 Å². The van der Waals surface area contributed by atoms with Crippen molar-refractivity contribution in [2.75, 3.05) is 0 Å². The van der Waals surface area contributed by atoms with E-state index in [0.29, 0.717) is 17.8 Å². The van der Waals surface area contributed by atoms with E-state index in [0.717, 1.165) is 4.47 Å². The zero-order valence-electron chi connectivity index (χ0n) is 8.32. The van der Waals surface area contributed by atoms with Gasteiger partial charge in [-0.1, -0.05) is 15.9 Å². The van der Waals surface area contributed by atoms with Crippen LogP contribution in [0.25, 0.3) is 0 Å². The summed E-state index contributed by atoms with van der Waals surface area (Å²) in [6, 6.07) is 4.39. The molecule has 0 fully saturated rings. The molecule has 2 rings (SSSR count). The highest BCUT2D eigenvalue weighted by molar-refractivity contribution is 9.10. The van der Waals surface area contributed by atoms with E-state index in [-0.39, 0.29) is 5.82 Å². The lowest BCUT2D eigenvalue weighted by molar-refractivity contribution is 0.169. The van der Waals surface area contributed by atoms with E-state index < -0.39 is 6.10 Å². The van der Waals surface area contributed by atoms with Crippen LogP contribution in [-0.4, -0.2) is 15.1 Å². The van der Waals surface area contributed by atoms with Crippen molar-refractivity contribution in [3.05, 3.63) is 52.3 Å². The molecule has 0 saturated carbocycles. The van der Waals surface area contributed by atoms with E-state index in [2.05, 4.69) is 25.9 Å². The Bertz CT molecular complexity index is 473. The molecule has 0 aliphatic carbocycles. The van der Waals surface area contributed by atoms with Crippen LogP contribution >= 0.6 is 15.9 Å². The van der Waals surface area contributed by atoms with Gasteiger partial charge in [0.2, 0.25) is 0 Å². The fourth-order valence-corrected chi connectivity index (χ4v) is 1.87. The average Bonchev–Trinajstić information content (AvgIpc) is 2.76. The van der Waals surface area contributed by atoms with Gasteiger partial charge >= 0.3 is 0 Å². The second kappa shape index (κ2) is 4.76. The number of benzene rings is 1. The summed E-state index contributed by atoms with van der Waals surface area (Å²) >= 11 is 3.31. The molecule has 1 unspecified atom stereocenters. The molecule has 0 aliphatic rings. The normalized spacial score (nSPS) is 12.7. The van der Waals surface area contributed by atoms with Crippen LogP contribution in [0.2, 0.25) is 0 Å². The Balaban J connectivity index is 2.17. The highest BCUT2D eigenvalue weighted by Crippen LogP contribution is 2.23. The zero-order valence-corrected chi connectivity index (χ0v) is 9.91. The lowest BCUT2D eigenvalue weighted by Gasteiger charge is -2.09. The van der Waals surface area contributed by atoms with Gasteiger partial charge in [0.25, 0.3) is 0 Å². The predicted octanol–water partition coefficient (Wildman–Crippen LogP) is 2.59. The molecule has 3 nitrogen and oxygen atoms in total. The lowest BCUT2D eigenvalue weighted by Crippen LogP contribution is -2.04. The summed E-state index contributed by atoms with van der Waals surface area (Å²) < 4.78 is 13.8. The number of aromatic amines is 1. The molecular weight excluding hydrogens is 275 g/mol. The highest BCUT2D eigenvalue weighted by atomic mass is 79.9. The number of imidazole rings is 1. The first-order valence-corrected chi connectivity index (χ1v) is 5.57. The minimum atomic E-state index is -0.756. The number of hydrogen-bond donors (Lipinski definition) is 2. The van der Waals surface area contributed by atoms with Crippen LogP contribution in [0.4, 0.5) is 4.39 Å². The van der Waals surface area contributed by atoms with Gasteiger partial charge in [0.15, 0.2) is 0 Å². The van der Waals surface area contributed by atoms with Crippen molar-refractivity contribution in [2.45, 2.75) is 12.5 Å². The van der Waals surface area contributed by atoms with Gasteiger partial charge in [-0.15, -0.1) is 0 Å². The molecule has 0 amide bonds. The highest BCUT2D eigenvalue weighted by Gasteiger charge is 2.13. The molecule has 1 aromatic carbocycles. The molecule has 0 saturated heterocycles. The van der Waals surface area contributed by atoms with Crippen molar-refractivity contribution >= 4 is 15.9 Å². The van der Waals surface area contributed by atoms with Crippen LogP contribution in [-0.2, 0) is 6.42 Å². The number of rotatable bonds is 3. The van der Waals surface area contributed by atoms with E-state index in [1.165, 1.54) is 12.1 Å². The van der Waals surface area contributed by atoms with E-state index in [9.17, 15) is 9.50 Å². The Labute approximate surface area is 100 Å². The van der Waals surface area contributed by atoms with Gasteiger partial charge in [0.05, 0.1) is 0 Å². The van der Waals surface area contributed by atoms with Gasteiger partial charge in [-0.25, -0.2) is 9.37 Å².